The minimum Gasteiger partial charge on any atom is -0.330 e. The number of hydrogen-bond acceptors (Lipinski definition) is 2. The predicted octanol–water partition coefficient (Wildman–Crippen LogP) is 2.10. The van der Waals surface area contributed by atoms with E-state index in [2.05, 4.69) is 12.2 Å². The molecular weight excluding hydrogens is 160 g/mol. The summed E-state index contributed by atoms with van der Waals surface area (Å²) in [6.45, 7) is 6.87. The van der Waals surface area contributed by atoms with Crippen molar-refractivity contribution in [3.05, 3.63) is 6.92 Å². The smallest absolute Gasteiger partial charge is 0.00369 e. The predicted molar refractivity (Wildman–Crippen MR) is 59.6 cm³/mol. The first-order chi connectivity index (χ1) is 6.41. The van der Waals surface area contributed by atoms with Gasteiger partial charge in [-0.05, 0) is 32.5 Å². The fraction of sp³-hybridized carbons (Fsp3) is 0.909. The second kappa shape index (κ2) is 11.9. The van der Waals surface area contributed by atoms with E-state index in [1.165, 1.54) is 32.1 Å². The van der Waals surface area contributed by atoms with Crippen molar-refractivity contribution in [1.82, 2.24) is 5.32 Å². The van der Waals surface area contributed by atoms with Crippen molar-refractivity contribution >= 4 is 0 Å². The lowest BCUT2D eigenvalue weighted by molar-refractivity contribution is 0.570. The topological polar surface area (TPSA) is 38.0 Å². The van der Waals surface area contributed by atoms with Crippen LogP contribution in [0.25, 0.3) is 0 Å². The molecule has 0 saturated heterocycles. The molecule has 2 nitrogen and oxygen atoms in total. The summed E-state index contributed by atoms with van der Waals surface area (Å²) >= 11 is 0. The molecule has 0 unspecified atom stereocenters. The van der Waals surface area contributed by atoms with Gasteiger partial charge in [0.05, 0.1) is 0 Å². The molecule has 0 spiro atoms. The molecule has 0 aliphatic heterocycles. The highest BCUT2D eigenvalue weighted by atomic mass is 14.8. The van der Waals surface area contributed by atoms with Gasteiger partial charge in [0.15, 0.2) is 0 Å². The monoisotopic (exact) mass is 185 g/mol. The summed E-state index contributed by atoms with van der Waals surface area (Å²) in [5, 5.41) is 3.38. The Hall–Kier alpha value is -0.0800. The van der Waals surface area contributed by atoms with Crippen LogP contribution in [0.1, 0.15) is 44.9 Å². The molecule has 0 aliphatic carbocycles. The Labute approximate surface area is 83.3 Å². The van der Waals surface area contributed by atoms with Crippen molar-refractivity contribution < 1.29 is 0 Å². The minimum absolute atomic E-state index is 0.802. The van der Waals surface area contributed by atoms with Gasteiger partial charge < -0.3 is 11.1 Å². The Balaban J connectivity index is 2.76. The van der Waals surface area contributed by atoms with Gasteiger partial charge in [0.25, 0.3) is 0 Å². The molecule has 0 atom stereocenters. The van der Waals surface area contributed by atoms with Gasteiger partial charge in [-0.15, -0.1) is 0 Å². The van der Waals surface area contributed by atoms with Crippen LogP contribution in [-0.4, -0.2) is 19.6 Å². The average molecular weight is 185 g/mol. The first kappa shape index (κ1) is 12.9. The molecule has 1 radical (unpaired) electrons. The van der Waals surface area contributed by atoms with Crippen LogP contribution in [0.2, 0.25) is 0 Å². The van der Waals surface area contributed by atoms with Gasteiger partial charge >= 0.3 is 0 Å². The van der Waals surface area contributed by atoms with Gasteiger partial charge in [-0.3, -0.25) is 0 Å². The van der Waals surface area contributed by atoms with Crippen LogP contribution in [0.15, 0.2) is 0 Å². The van der Waals surface area contributed by atoms with Crippen molar-refractivity contribution in [3.8, 4) is 0 Å². The van der Waals surface area contributed by atoms with Crippen LogP contribution < -0.4 is 11.1 Å². The molecule has 0 aromatic heterocycles. The largest absolute Gasteiger partial charge is 0.330 e. The SMILES string of the molecule is [CH2]CCCCCCCNCCCN. The maximum atomic E-state index is 5.38. The maximum absolute atomic E-state index is 5.38. The fourth-order valence-electron chi connectivity index (χ4n) is 1.31. The molecule has 0 amide bonds. The van der Waals surface area contributed by atoms with Crippen LogP contribution in [0, 0.1) is 6.92 Å². The van der Waals surface area contributed by atoms with E-state index in [1.807, 2.05) is 0 Å². The van der Waals surface area contributed by atoms with Crippen LogP contribution in [0.4, 0.5) is 0 Å². The Morgan fingerprint density at radius 3 is 2.15 bits per heavy atom. The molecule has 2 heteroatoms. The lowest BCUT2D eigenvalue weighted by atomic mass is 10.1. The summed E-state index contributed by atoms with van der Waals surface area (Å²) in [5.41, 5.74) is 5.38. The summed E-state index contributed by atoms with van der Waals surface area (Å²) in [7, 11) is 0. The highest BCUT2D eigenvalue weighted by molar-refractivity contribution is 4.50. The number of hydrogen-bond donors (Lipinski definition) is 2. The van der Waals surface area contributed by atoms with Crippen molar-refractivity contribution in [2.45, 2.75) is 44.9 Å². The third kappa shape index (κ3) is 11.9. The molecule has 3 N–H and O–H groups in total. The van der Waals surface area contributed by atoms with E-state index >= 15 is 0 Å². The van der Waals surface area contributed by atoms with Gasteiger partial charge in [-0.2, -0.15) is 0 Å². The maximum Gasteiger partial charge on any atom is -0.00369 e. The van der Waals surface area contributed by atoms with Crippen LogP contribution in [0.3, 0.4) is 0 Å². The zero-order valence-electron chi connectivity index (χ0n) is 8.86. The quantitative estimate of drug-likeness (QED) is 0.512. The van der Waals surface area contributed by atoms with Crippen LogP contribution >= 0.6 is 0 Å². The third-order valence-electron chi connectivity index (χ3n) is 2.16. The first-order valence-corrected chi connectivity index (χ1v) is 5.62. The molecule has 0 aliphatic rings. The third-order valence-corrected chi connectivity index (χ3v) is 2.16. The molecule has 0 saturated carbocycles. The van der Waals surface area contributed by atoms with E-state index < -0.39 is 0 Å². The summed E-state index contributed by atoms with van der Waals surface area (Å²) < 4.78 is 0. The highest BCUT2D eigenvalue weighted by Gasteiger charge is 1.89. The second-order valence-electron chi connectivity index (χ2n) is 3.51. The van der Waals surface area contributed by atoms with E-state index in [4.69, 9.17) is 5.73 Å². The van der Waals surface area contributed by atoms with Crippen molar-refractivity contribution in [2.24, 2.45) is 5.73 Å². The van der Waals surface area contributed by atoms with Crippen LogP contribution in [0.5, 0.6) is 0 Å². The highest BCUT2D eigenvalue weighted by Crippen LogP contribution is 2.03. The number of nitrogens with two attached hydrogens (primary N) is 1. The van der Waals surface area contributed by atoms with Gasteiger partial charge in [0, 0.05) is 0 Å². The molecule has 0 bridgehead atoms. The Kier molecular flexibility index (Phi) is 11.8. The lowest BCUT2D eigenvalue weighted by Gasteiger charge is -2.03. The van der Waals surface area contributed by atoms with Gasteiger partial charge in [0.2, 0.25) is 0 Å². The van der Waals surface area contributed by atoms with E-state index in [9.17, 15) is 0 Å². The summed E-state index contributed by atoms with van der Waals surface area (Å²) in [6, 6.07) is 0. The zero-order valence-corrected chi connectivity index (χ0v) is 8.86. The molecule has 0 aromatic rings. The zero-order chi connectivity index (χ0) is 9.78. The summed E-state index contributed by atoms with van der Waals surface area (Å²) in [6.07, 6.45) is 8.87. The second-order valence-corrected chi connectivity index (χ2v) is 3.51. The minimum atomic E-state index is 0.802. The number of rotatable bonds is 10. The number of unbranched alkanes of at least 4 members (excludes halogenated alkanes) is 5. The molecule has 0 rings (SSSR count). The summed E-state index contributed by atoms with van der Waals surface area (Å²) in [5.74, 6) is 0. The fourth-order valence-corrected chi connectivity index (χ4v) is 1.31. The first-order valence-electron chi connectivity index (χ1n) is 5.62. The summed E-state index contributed by atoms with van der Waals surface area (Å²) in [4.78, 5) is 0. The van der Waals surface area contributed by atoms with E-state index in [0.29, 0.717) is 0 Å². The van der Waals surface area contributed by atoms with Gasteiger partial charge in [-0.25, -0.2) is 0 Å². The van der Waals surface area contributed by atoms with Crippen molar-refractivity contribution in [3.63, 3.8) is 0 Å². The molecule has 13 heavy (non-hydrogen) atoms. The molecule has 0 aromatic carbocycles. The Morgan fingerprint density at radius 1 is 0.846 bits per heavy atom. The normalized spacial score (nSPS) is 10.6. The van der Waals surface area contributed by atoms with Crippen molar-refractivity contribution in [2.75, 3.05) is 19.6 Å². The van der Waals surface area contributed by atoms with Crippen molar-refractivity contribution in [1.29, 1.82) is 0 Å². The molecular formula is C11H25N2. The van der Waals surface area contributed by atoms with Crippen LogP contribution in [-0.2, 0) is 0 Å². The Morgan fingerprint density at radius 2 is 1.46 bits per heavy atom. The molecule has 79 valence electrons. The number of nitrogens with one attached hydrogen (secondary N) is 1. The lowest BCUT2D eigenvalue weighted by Crippen LogP contribution is -2.19. The van der Waals surface area contributed by atoms with Gasteiger partial charge in [-0.1, -0.05) is 39.0 Å². The Bertz CT molecular complexity index is 74.2. The molecule has 0 heterocycles. The standard InChI is InChI=1S/C11H25N2/c1-2-3-4-5-6-7-10-13-11-8-9-12/h13H,1-12H2. The van der Waals surface area contributed by atoms with E-state index in [0.717, 1.165) is 32.5 Å². The van der Waals surface area contributed by atoms with E-state index in [1.54, 1.807) is 0 Å². The van der Waals surface area contributed by atoms with Gasteiger partial charge in [0.1, 0.15) is 0 Å². The van der Waals surface area contributed by atoms with E-state index in [-0.39, 0.29) is 0 Å². The average Bonchev–Trinajstić information content (AvgIpc) is 2.16. The molecule has 0 fully saturated rings.